The van der Waals surface area contributed by atoms with E-state index in [9.17, 15) is 13.2 Å². The minimum absolute atomic E-state index is 0.204. The van der Waals surface area contributed by atoms with Crippen molar-refractivity contribution in [1.29, 1.82) is 0 Å². The summed E-state index contributed by atoms with van der Waals surface area (Å²) in [5, 5.41) is 0.746. The monoisotopic (exact) mass is 306 g/mol. The van der Waals surface area contributed by atoms with Crippen LogP contribution in [0.2, 0.25) is 0 Å². The highest BCUT2D eigenvalue weighted by molar-refractivity contribution is 5.84. The molecule has 0 aliphatic carbocycles. The summed E-state index contributed by atoms with van der Waals surface area (Å²) in [6.45, 7) is 0. The van der Waals surface area contributed by atoms with Gasteiger partial charge >= 0.3 is 6.36 Å². The number of rotatable bonds is 4. The van der Waals surface area contributed by atoms with E-state index in [4.69, 9.17) is 0 Å². The number of nitrogens with one attached hydrogen (secondary N) is 1. The molecule has 0 fully saturated rings. The fourth-order valence-corrected chi connectivity index (χ4v) is 2.39. The van der Waals surface area contributed by atoms with E-state index >= 15 is 0 Å². The number of benzene rings is 1. The van der Waals surface area contributed by atoms with E-state index in [2.05, 4.69) is 14.7 Å². The Morgan fingerprint density at radius 2 is 1.82 bits per heavy atom. The van der Waals surface area contributed by atoms with Gasteiger partial charge in [-0.1, -0.05) is 0 Å². The number of ether oxygens (including phenoxy) is 1. The SMILES string of the molecule is FC(F)(F)Oc1ccc2[nH]cc(CCc3ccncc3)c2c1. The average Bonchev–Trinajstić information content (AvgIpc) is 2.87. The van der Waals surface area contributed by atoms with Gasteiger partial charge in [0.2, 0.25) is 0 Å². The number of aromatic amines is 1. The molecule has 6 heteroatoms. The molecule has 0 saturated carbocycles. The summed E-state index contributed by atoms with van der Waals surface area (Å²) in [7, 11) is 0. The highest BCUT2D eigenvalue weighted by atomic mass is 19.4. The molecule has 3 aromatic rings. The zero-order valence-electron chi connectivity index (χ0n) is 11.5. The van der Waals surface area contributed by atoms with Crippen LogP contribution in [-0.4, -0.2) is 16.3 Å². The third-order valence-electron chi connectivity index (χ3n) is 3.40. The highest BCUT2D eigenvalue weighted by Gasteiger charge is 2.31. The normalized spacial score (nSPS) is 11.8. The second kappa shape index (κ2) is 5.71. The Labute approximate surface area is 124 Å². The Morgan fingerprint density at radius 3 is 2.55 bits per heavy atom. The summed E-state index contributed by atoms with van der Waals surface area (Å²) >= 11 is 0. The standard InChI is InChI=1S/C16H13F3N2O/c17-16(18,19)22-13-3-4-15-14(9-13)12(10-21-15)2-1-11-5-7-20-8-6-11/h3-10,21H,1-2H2. The first-order valence-electron chi connectivity index (χ1n) is 6.76. The van der Waals surface area contributed by atoms with Crippen molar-refractivity contribution >= 4 is 10.9 Å². The molecule has 0 unspecified atom stereocenters. The smallest absolute Gasteiger partial charge is 0.406 e. The van der Waals surface area contributed by atoms with Crippen molar-refractivity contribution in [2.75, 3.05) is 0 Å². The van der Waals surface area contributed by atoms with Crippen LogP contribution in [0.4, 0.5) is 13.2 Å². The van der Waals surface area contributed by atoms with Crippen molar-refractivity contribution < 1.29 is 17.9 Å². The Kier molecular flexibility index (Phi) is 3.75. The molecule has 3 nitrogen and oxygen atoms in total. The third kappa shape index (κ3) is 3.39. The maximum atomic E-state index is 12.3. The van der Waals surface area contributed by atoms with Gasteiger partial charge in [0.1, 0.15) is 5.75 Å². The number of hydrogen-bond acceptors (Lipinski definition) is 2. The lowest BCUT2D eigenvalue weighted by atomic mass is 10.0. The van der Waals surface area contributed by atoms with Gasteiger partial charge in [-0.15, -0.1) is 13.2 Å². The molecule has 2 heterocycles. The Morgan fingerprint density at radius 1 is 1.05 bits per heavy atom. The number of alkyl halides is 3. The van der Waals surface area contributed by atoms with Crippen molar-refractivity contribution in [3.8, 4) is 5.75 Å². The van der Waals surface area contributed by atoms with E-state index in [1.54, 1.807) is 18.5 Å². The molecule has 0 radical (unpaired) electrons. The topological polar surface area (TPSA) is 37.9 Å². The van der Waals surface area contributed by atoms with Gasteiger partial charge in [0, 0.05) is 29.5 Å². The fourth-order valence-electron chi connectivity index (χ4n) is 2.39. The first-order chi connectivity index (χ1) is 10.5. The lowest BCUT2D eigenvalue weighted by Gasteiger charge is -2.09. The molecule has 0 saturated heterocycles. The molecule has 0 aliphatic rings. The summed E-state index contributed by atoms with van der Waals surface area (Å²) in [6.07, 6.45) is 2.10. The molecule has 0 aliphatic heterocycles. The Balaban J connectivity index is 1.82. The zero-order chi connectivity index (χ0) is 15.6. The van der Waals surface area contributed by atoms with E-state index in [0.29, 0.717) is 0 Å². The van der Waals surface area contributed by atoms with Gasteiger partial charge in [0.15, 0.2) is 0 Å². The average molecular weight is 306 g/mol. The van der Waals surface area contributed by atoms with Gasteiger partial charge in [-0.2, -0.15) is 0 Å². The molecule has 2 aromatic heterocycles. The van der Waals surface area contributed by atoms with Crippen molar-refractivity contribution in [3.05, 3.63) is 60.0 Å². The van der Waals surface area contributed by atoms with Gasteiger partial charge < -0.3 is 9.72 Å². The number of halogens is 3. The number of pyridine rings is 1. The number of fused-ring (bicyclic) bond motifs is 1. The number of aromatic nitrogens is 2. The number of nitrogens with zero attached hydrogens (tertiary/aromatic N) is 1. The van der Waals surface area contributed by atoms with Crippen LogP contribution in [0, 0.1) is 0 Å². The summed E-state index contributed by atoms with van der Waals surface area (Å²) in [5.74, 6) is -0.204. The van der Waals surface area contributed by atoms with E-state index in [-0.39, 0.29) is 5.75 Å². The Bertz CT molecular complexity index is 766. The molecular formula is C16H13F3N2O. The quantitative estimate of drug-likeness (QED) is 0.782. The first-order valence-corrected chi connectivity index (χ1v) is 6.76. The summed E-state index contributed by atoms with van der Waals surface area (Å²) in [6, 6.07) is 8.16. The van der Waals surface area contributed by atoms with Crippen molar-refractivity contribution in [3.63, 3.8) is 0 Å². The molecule has 0 spiro atoms. The van der Waals surface area contributed by atoms with Gasteiger partial charge in [-0.3, -0.25) is 4.98 Å². The van der Waals surface area contributed by atoms with Gasteiger partial charge in [0.25, 0.3) is 0 Å². The fraction of sp³-hybridized carbons (Fsp3) is 0.188. The number of hydrogen-bond donors (Lipinski definition) is 1. The predicted octanol–water partition coefficient (Wildman–Crippen LogP) is 4.25. The molecule has 0 amide bonds. The van der Waals surface area contributed by atoms with Gasteiger partial charge in [0.05, 0.1) is 0 Å². The Hall–Kier alpha value is -2.50. The van der Waals surface area contributed by atoms with Crippen LogP contribution in [0.5, 0.6) is 5.75 Å². The summed E-state index contributed by atoms with van der Waals surface area (Å²) in [5.41, 5.74) is 2.88. The highest BCUT2D eigenvalue weighted by Crippen LogP contribution is 2.28. The van der Waals surface area contributed by atoms with E-state index in [0.717, 1.165) is 34.9 Å². The maximum absolute atomic E-state index is 12.3. The molecule has 0 atom stereocenters. The molecule has 1 aromatic carbocycles. The van der Waals surface area contributed by atoms with E-state index in [1.165, 1.54) is 12.1 Å². The molecule has 3 rings (SSSR count). The predicted molar refractivity (Wildman–Crippen MR) is 76.6 cm³/mol. The van der Waals surface area contributed by atoms with Crippen molar-refractivity contribution in [2.45, 2.75) is 19.2 Å². The van der Waals surface area contributed by atoms with E-state index in [1.807, 2.05) is 18.3 Å². The van der Waals surface area contributed by atoms with Gasteiger partial charge in [-0.25, -0.2) is 0 Å². The van der Waals surface area contributed by atoms with Crippen molar-refractivity contribution in [1.82, 2.24) is 9.97 Å². The second-order valence-electron chi connectivity index (χ2n) is 4.92. The number of aryl methyl sites for hydroxylation is 2. The lowest BCUT2D eigenvalue weighted by molar-refractivity contribution is -0.274. The molecule has 0 bridgehead atoms. The van der Waals surface area contributed by atoms with Crippen LogP contribution in [0.25, 0.3) is 10.9 Å². The maximum Gasteiger partial charge on any atom is 0.573 e. The minimum atomic E-state index is -4.68. The first kappa shape index (κ1) is 14.4. The van der Waals surface area contributed by atoms with Crippen LogP contribution in [0.15, 0.2) is 48.9 Å². The molecule has 1 N–H and O–H groups in total. The minimum Gasteiger partial charge on any atom is -0.406 e. The third-order valence-corrected chi connectivity index (χ3v) is 3.40. The second-order valence-corrected chi connectivity index (χ2v) is 4.92. The largest absolute Gasteiger partial charge is 0.573 e. The van der Waals surface area contributed by atoms with Crippen LogP contribution < -0.4 is 4.74 Å². The van der Waals surface area contributed by atoms with E-state index < -0.39 is 6.36 Å². The van der Waals surface area contributed by atoms with Crippen LogP contribution >= 0.6 is 0 Å². The summed E-state index contributed by atoms with van der Waals surface area (Å²) < 4.78 is 40.9. The van der Waals surface area contributed by atoms with Crippen LogP contribution in [0.3, 0.4) is 0 Å². The van der Waals surface area contributed by atoms with Crippen molar-refractivity contribution in [2.24, 2.45) is 0 Å². The lowest BCUT2D eigenvalue weighted by Crippen LogP contribution is -2.16. The van der Waals surface area contributed by atoms with Crippen LogP contribution in [0.1, 0.15) is 11.1 Å². The number of H-pyrrole nitrogens is 1. The summed E-state index contributed by atoms with van der Waals surface area (Å²) in [4.78, 5) is 7.02. The van der Waals surface area contributed by atoms with Crippen LogP contribution in [-0.2, 0) is 12.8 Å². The zero-order valence-corrected chi connectivity index (χ0v) is 11.5. The molecular weight excluding hydrogens is 293 g/mol. The van der Waals surface area contributed by atoms with Gasteiger partial charge in [-0.05, 0) is 54.3 Å². The molecule has 22 heavy (non-hydrogen) atoms. The molecule has 114 valence electrons.